The first-order valence-electron chi connectivity index (χ1n) is 24.3. The van der Waals surface area contributed by atoms with E-state index < -0.39 is 0 Å². The Bertz CT molecular complexity index is 3710. The third kappa shape index (κ3) is 4.69. The zero-order valence-corrected chi connectivity index (χ0v) is 39.7. The van der Waals surface area contributed by atoms with Crippen LogP contribution in [0, 0.1) is 0 Å². The highest BCUT2D eigenvalue weighted by Crippen LogP contribution is 2.61. The summed E-state index contributed by atoms with van der Waals surface area (Å²) >= 11 is 0. The zero-order valence-electron chi connectivity index (χ0n) is 39.7. The van der Waals surface area contributed by atoms with E-state index in [1.807, 2.05) is 0 Å². The molecule has 3 nitrogen and oxygen atoms in total. The minimum atomic E-state index is -0.306. The van der Waals surface area contributed by atoms with Crippen molar-refractivity contribution in [3.05, 3.63) is 154 Å². The van der Waals surface area contributed by atoms with Crippen LogP contribution in [0.2, 0.25) is 0 Å². The highest BCUT2D eigenvalue weighted by Gasteiger charge is 2.55. The number of benzene rings is 7. The molecular formula is C61H57BN2O. The van der Waals surface area contributed by atoms with Gasteiger partial charge in [0.15, 0.2) is 5.58 Å². The molecule has 0 N–H and O–H groups in total. The van der Waals surface area contributed by atoms with Crippen molar-refractivity contribution in [3.8, 4) is 11.1 Å². The molecule has 2 aliphatic heterocycles. The Morgan fingerprint density at radius 1 is 0.492 bits per heavy atom. The number of furan rings is 1. The van der Waals surface area contributed by atoms with Gasteiger partial charge in [-0.1, -0.05) is 142 Å². The molecule has 9 aromatic rings. The van der Waals surface area contributed by atoms with Crippen LogP contribution in [0.1, 0.15) is 128 Å². The fourth-order valence-electron chi connectivity index (χ4n) is 14.0. The average Bonchev–Trinajstić information content (AvgIpc) is 3.89. The number of hydrogen-bond acceptors (Lipinski definition) is 2. The predicted octanol–water partition coefficient (Wildman–Crippen LogP) is 15.7. The lowest BCUT2D eigenvalue weighted by Gasteiger charge is -2.45. The number of para-hydroxylation sites is 2. The highest BCUT2D eigenvalue weighted by molar-refractivity contribution is 6.86. The lowest BCUT2D eigenvalue weighted by molar-refractivity contribution is 0.331. The van der Waals surface area contributed by atoms with Crippen molar-refractivity contribution >= 4 is 83.9 Å². The van der Waals surface area contributed by atoms with Gasteiger partial charge in [-0.25, -0.2) is 0 Å². The number of aromatic nitrogens is 1. The number of rotatable bonds is 1. The molecule has 3 aliphatic carbocycles. The van der Waals surface area contributed by atoms with Gasteiger partial charge in [-0.15, -0.1) is 0 Å². The van der Waals surface area contributed by atoms with Gasteiger partial charge in [-0.2, -0.15) is 0 Å². The van der Waals surface area contributed by atoms with E-state index >= 15 is 0 Å². The minimum absolute atomic E-state index is 0.0418. The summed E-state index contributed by atoms with van der Waals surface area (Å²) in [5.41, 5.74) is 22.5. The standard InChI is InChI=1S/C61H57BN2O/c1-57(2)24-25-58(3,4)46-30-36(22-23-44(46)57)63-53-43-32-47-48(60(7,8)27-26-59(47,5)6)33-45(43)61(9,10)56(53)62-51-41(31-42-37-18-13-14-21-50(37)65-55(42)54(51)63)39-20-15-19-38-40-28-34-16-11-12-17-35(34)29-49(40)64(62)52(38)39/h11-23,28-33H,24-27H2,1-10H3. The van der Waals surface area contributed by atoms with Gasteiger partial charge < -0.3 is 13.8 Å². The Labute approximate surface area is 383 Å². The van der Waals surface area contributed by atoms with Crippen molar-refractivity contribution in [1.82, 2.24) is 4.48 Å². The van der Waals surface area contributed by atoms with Crippen LogP contribution in [0.4, 0.5) is 11.4 Å². The quantitative estimate of drug-likeness (QED) is 0.154. The molecule has 0 unspecified atom stereocenters. The van der Waals surface area contributed by atoms with Gasteiger partial charge >= 0.3 is 6.85 Å². The van der Waals surface area contributed by atoms with Crippen LogP contribution in [-0.2, 0) is 27.1 Å². The van der Waals surface area contributed by atoms with Crippen LogP contribution in [0.15, 0.2) is 125 Å². The van der Waals surface area contributed by atoms with E-state index in [0.29, 0.717) is 0 Å². The minimum Gasteiger partial charge on any atom is -0.454 e. The van der Waals surface area contributed by atoms with E-state index in [1.54, 1.807) is 0 Å². The molecule has 2 aromatic heterocycles. The smallest absolute Gasteiger partial charge is 0.329 e. The van der Waals surface area contributed by atoms with E-state index in [9.17, 15) is 0 Å². The molecule has 320 valence electrons. The van der Waals surface area contributed by atoms with Crippen LogP contribution in [0.3, 0.4) is 0 Å². The van der Waals surface area contributed by atoms with Crippen LogP contribution in [0.25, 0.3) is 71.3 Å². The maximum absolute atomic E-state index is 7.31. The van der Waals surface area contributed by atoms with Crippen molar-refractivity contribution in [1.29, 1.82) is 0 Å². The highest BCUT2D eigenvalue weighted by atomic mass is 16.3. The van der Waals surface area contributed by atoms with E-state index in [1.165, 1.54) is 135 Å². The van der Waals surface area contributed by atoms with Gasteiger partial charge in [0.2, 0.25) is 0 Å². The molecule has 4 heteroatoms. The summed E-state index contributed by atoms with van der Waals surface area (Å²) in [5, 5.41) is 7.55. The first-order valence-corrected chi connectivity index (χ1v) is 24.3. The third-order valence-corrected chi connectivity index (χ3v) is 17.9. The van der Waals surface area contributed by atoms with Crippen molar-refractivity contribution < 1.29 is 4.42 Å². The Kier molecular flexibility index (Phi) is 6.99. The molecule has 5 aliphatic rings. The lowest BCUT2D eigenvalue weighted by atomic mass is 9.40. The number of allylic oxidation sites excluding steroid dienone is 1. The van der Waals surface area contributed by atoms with Crippen LogP contribution in [-0.4, -0.2) is 11.3 Å². The second-order valence-corrected chi connectivity index (χ2v) is 23.8. The molecule has 0 amide bonds. The largest absolute Gasteiger partial charge is 0.454 e. The molecule has 0 saturated heterocycles. The topological polar surface area (TPSA) is 21.3 Å². The fraction of sp³-hybridized carbons (Fsp3) is 0.311. The summed E-state index contributed by atoms with van der Waals surface area (Å²) in [5.74, 6) is 0. The monoisotopic (exact) mass is 844 g/mol. The number of fused-ring (bicyclic) bond motifs is 15. The summed E-state index contributed by atoms with van der Waals surface area (Å²) in [6.07, 6.45) is 4.71. The molecule has 0 spiro atoms. The van der Waals surface area contributed by atoms with Gasteiger partial charge in [0.1, 0.15) is 5.58 Å². The molecular weight excluding hydrogens is 787 g/mol. The first-order chi connectivity index (χ1) is 31.0. The van der Waals surface area contributed by atoms with Crippen molar-refractivity contribution in [2.45, 2.75) is 122 Å². The second kappa shape index (κ2) is 11.9. The Morgan fingerprint density at radius 2 is 1.12 bits per heavy atom. The molecule has 14 rings (SSSR count). The summed E-state index contributed by atoms with van der Waals surface area (Å²) in [6.45, 7) is 24.8. The fourth-order valence-corrected chi connectivity index (χ4v) is 14.0. The Balaban J connectivity index is 1.20. The number of nitrogens with zero attached hydrogens (tertiary/aromatic N) is 2. The van der Waals surface area contributed by atoms with Crippen molar-refractivity contribution in [3.63, 3.8) is 0 Å². The predicted molar refractivity (Wildman–Crippen MR) is 276 cm³/mol. The molecule has 0 atom stereocenters. The Hall–Kier alpha value is -6.00. The van der Waals surface area contributed by atoms with Gasteiger partial charge in [0.25, 0.3) is 0 Å². The van der Waals surface area contributed by atoms with Gasteiger partial charge in [-0.3, -0.25) is 0 Å². The van der Waals surface area contributed by atoms with E-state index in [2.05, 4.69) is 194 Å². The third-order valence-electron chi connectivity index (χ3n) is 17.9. The molecule has 4 heterocycles. The first kappa shape index (κ1) is 38.3. The van der Waals surface area contributed by atoms with Crippen LogP contribution >= 0.6 is 0 Å². The summed E-state index contributed by atoms with van der Waals surface area (Å²) in [7, 11) is 0. The summed E-state index contributed by atoms with van der Waals surface area (Å²) in [4.78, 5) is 2.72. The average molecular weight is 845 g/mol. The molecule has 0 bridgehead atoms. The van der Waals surface area contributed by atoms with E-state index in [-0.39, 0.29) is 33.9 Å². The lowest BCUT2D eigenvalue weighted by Crippen LogP contribution is -2.52. The van der Waals surface area contributed by atoms with Gasteiger partial charge in [0, 0.05) is 60.5 Å². The maximum Gasteiger partial charge on any atom is 0.329 e. The number of anilines is 2. The van der Waals surface area contributed by atoms with Gasteiger partial charge in [0.05, 0.1) is 5.69 Å². The van der Waals surface area contributed by atoms with Gasteiger partial charge in [-0.05, 0) is 145 Å². The normalized spacial score (nSPS) is 20.1. The SMILES string of the molecule is CC1(C)CCC(C)(C)c2cc(N3C4=C(B5c6c(cc7c(oc8ccccc87)c63)-c3cccc6c7cc8ccccc8cc7n5c36)C(C)(C)c3cc5c(cc34)C(C)(C)CCC5(C)C)ccc21. The molecule has 0 fully saturated rings. The van der Waals surface area contributed by atoms with E-state index in [4.69, 9.17) is 4.42 Å². The second-order valence-electron chi connectivity index (χ2n) is 23.8. The van der Waals surface area contributed by atoms with Crippen molar-refractivity contribution in [2.24, 2.45) is 0 Å². The van der Waals surface area contributed by atoms with Crippen LogP contribution in [0.5, 0.6) is 0 Å². The van der Waals surface area contributed by atoms with Crippen molar-refractivity contribution in [2.75, 3.05) is 4.90 Å². The zero-order chi connectivity index (χ0) is 44.5. The Morgan fingerprint density at radius 3 is 1.86 bits per heavy atom. The molecule has 65 heavy (non-hydrogen) atoms. The molecule has 7 aromatic carbocycles. The summed E-state index contributed by atoms with van der Waals surface area (Å²) in [6, 6.07) is 45.0. The van der Waals surface area contributed by atoms with E-state index in [0.717, 1.165) is 17.6 Å². The van der Waals surface area contributed by atoms with Crippen LogP contribution < -0.4 is 10.4 Å². The maximum atomic E-state index is 7.31. The molecule has 0 saturated carbocycles. The number of hydrogen-bond donors (Lipinski definition) is 0. The summed E-state index contributed by atoms with van der Waals surface area (Å²) < 4.78 is 10.1. The molecule has 0 radical (unpaired) electrons.